The zero-order chi connectivity index (χ0) is 15.6. The summed E-state index contributed by atoms with van der Waals surface area (Å²) in [5, 5.41) is 0. The molecule has 1 fully saturated rings. The molecule has 0 aromatic heterocycles. The number of anilines is 1. The summed E-state index contributed by atoms with van der Waals surface area (Å²) in [5.74, 6) is -1.42. The largest absolute Gasteiger partial charge is 0.468 e. The highest BCUT2D eigenvalue weighted by Gasteiger charge is 2.39. The minimum absolute atomic E-state index is 0.000614. The van der Waals surface area contributed by atoms with Crippen LogP contribution < -0.4 is 5.73 Å². The van der Waals surface area contributed by atoms with E-state index in [-0.39, 0.29) is 30.3 Å². The van der Waals surface area contributed by atoms with E-state index in [4.69, 9.17) is 10.5 Å². The summed E-state index contributed by atoms with van der Waals surface area (Å²) in [5.41, 5.74) is 5.11. The van der Waals surface area contributed by atoms with Crippen LogP contribution in [0.4, 0.5) is 10.1 Å². The quantitative estimate of drug-likeness (QED) is 0.621. The van der Waals surface area contributed by atoms with E-state index in [2.05, 4.69) is 4.74 Å². The molecule has 2 rings (SSSR count). The smallest absolute Gasteiger partial charge is 0.326 e. The van der Waals surface area contributed by atoms with Crippen molar-refractivity contribution >= 4 is 21.7 Å². The molecule has 2 N–H and O–H groups in total. The first-order chi connectivity index (χ1) is 9.87. The van der Waals surface area contributed by atoms with Crippen molar-refractivity contribution in [2.24, 2.45) is 0 Å². The Labute approximate surface area is 121 Å². The van der Waals surface area contributed by atoms with E-state index in [0.29, 0.717) is 0 Å². The van der Waals surface area contributed by atoms with Gasteiger partial charge in [-0.3, -0.25) is 4.79 Å². The van der Waals surface area contributed by atoms with Crippen LogP contribution in [0.15, 0.2) is 23.1 Å². The lowest BCUT2D eigenvalue weighted by Crippen LogP contribution is -2.52. The number of morpholine rings is 1. The number of hydrogen-bond donors (Lipinski definition) is 1. The number of nitrogen functional groups attached to an aromatic ring is 1. The van der Waals surface area contributed by atoms with Gasteiger partial charge in [0.15, 0.2) is 0 Å². The number of hydrogen-bond acceptors (Lipinski definition) is 6. The average Bonchev–Trinajstić information content (AvgIpc) is 2.49. The Morgan fingerprint density at radius 1 is 1.52 bits per heavy atom. The molecule has 0 spiro atoms. The highest BCUT2D eigenvalue weighted by Crippen LogP contribution is 2.24. The Kier molecular flexibility index (Phi) is 4.45. The van der Waals surface area contributed by atoms with Gasteiger partial charge in [-0.15, -0.1) is 0 Å². The van der Waals surface area contributed by atoms with Gasteiger partial charge in [-0.1, -0.05) is 0 Å². The molecule has 0 amide bonds. The van der Waals surface area contributed by atoms with E-state index in [1.807, 2.05) is 0 Å². The van der Waals surface area contributed by atoms with Crippen LogP contribution in [0.5, 0.6) is 0 Å². The van der Waals surface area contributed by atoms with E-state index < -0.39 is 27.9 Å². The predicted octanol–water partition coefficient (Wildman–Crippen LogP) is -0.0296. The lowest BCUT2D eigenvalue weighted by molar-refractivity contribution is -0.149. The number of rotatable bonds is 3. The van der Waals surface area contributed by atoms with Gasteiger partial charge in [0.25, 0.3) is 0 Å². The highest BCUT2D eigenvalue weighted by atomic mass is 32.2. The highest BCUT2D eigenvalue weighted by molar-refractivity contribution is 7.89. The Hall–Kier alpha value is -1.71. The SMILES string of the molecule is COC(=O)C1COCCN1S(=O)(=O)c1ccc(F)c(N)c1. The van der Waals surface area contributed by atoms with E-state index in [1.165, 1.54) is 0 Å². The molecule has 0 bridgehead atoms. The lowest BCUT2D eigenvalue weighted by atomic mass is 10.3. The van der Waals surface area contributed by atoms with Crippen LogP contribution in [0.2, 0.25) is 0 Å². The van der Waals surface area contributed by atoms with Gasteiger partial charge >= 0.3 is 5.97 Å². The Morgan fingerprint density at radius 3 is 2.86 bits per heavy atom. The van der Waals surface area contributed by atoms with Crippen LogP contribution >= 0.6 is 0 Å². The molecule has 1 aliphatic rings. The fourth-order valence-corrected chi connectivity index (χ4v) is 3.60. The van der Waals surface area contributed by atoms with Crippen LogP contribution in [0.3, 0.4) is 0 Å². The van der Waals surface area contributed by atoms with E-state index in [9.17, 15) is 17.6 Å². The summed E-state index contributed by atoms with van der Waals surface area (Å²) in [6, 6.07) is 2.02. The average molecular weight is 318 g/mol. The molecule has 1 aliphatic heterocycles. The number of methoxy groups -OCH3 is 1. The van der Waals surface area contributed by atoms with Gasteiger partial charge in [0.05, 0.1) is 30.9 Å². The molecule has 1 atom stereocenters. The number of benzene rings is 1. The third-order valence-electron chi connectivity index (χ3n) is 3.13. The maximum absolute atomic E-state index is 13.2. The molecule has 1 aromatic carbocycles. The van der Waals surface area contributed by atoms with Gasteiger partial charge in [0, 0.05) is 6.54 Å². The fourth-order valence-electron chi connectivity index (χ4n) is 2.02. The van der Waals surface area contributed by atoms with Gasteiger partial charge in [-0.05, 0) is 18.2 Å². The number of nitrogens with two attached hydrogens (primary N) is 1. The summed E-state index contributed by atoms with van der Waals surface area (Å²) in [6.07, 6.45) is 0. The van der Waals surface area contributed by atoms with E-state index >= 15 is 0 Å². The van der Waals surface area contributed by atoms with Crippen molar-refractivity contribution in [2.75, 3.05) is 32.6 Å². The number of nitrogens with zero attached hydrogens (tertiary/aromatic N) is 1. The summed E-state index contributed by atoms with van der Waals surface area (Å²) >= 11 is 0. The second-order valence-corrected chi connectivity index (χ2v) is 6.30. The van der Waals surface area contributed by atoms with Crippen molar-refractivity contribution in [1.29, 1.82) is 0 Å². The fraction of sp³-hybridized carbons (Fsp3) is 0.417. The third kappa shape index (κ3) is 2.99. The van der Waals surface area contributed by atoms with Crippen LogP contribution in [0, 0.1) is 5.82 Å². The molecule has 0 radical (unpaired) electrons. The third-order valence-corrected chi connectivity index (χ3v) is 5.03. The second kappa shape index (κ2) is 5.96. The molecule has 1 aromatic rings. The molecular formula is C12H15FN2O5S. The number of halogens is 1. The molecule has 0 saturated carbocycles. The zero-order valence-corrected chi connectivity index (χ0v) is 12.1. The second-order valence-electron chi connectivity index (χ2n) is 4.41. The first kappa shape index (κ1) is 15.7. The standard InChI is InChI=1S/C12H15FN2O5S/c1-19-12(16)11-7-20-5-4-15(11)21(17,18)8-2-3-9(13)10(14)6-8/h2-3,6,11H,4-5,7,14H2,1H3. The summed E-state index contributed by atoms with van der Waals surface area (Å²) in [7, 11) is -2.84. The molecule has 21 heavy (non-hydrogen) atoms. The number of carbonyl (C=O) groups excluding carboxylic acids is 1. The maximum atomic E-state index is 13.2. The molecule has 1 saturated heterocycles. The van der Waals surface area contributed by atoms with E-state index in [1.54, 1.807) is 0 Å². The van der Waals surface area contributed by atoms with Crippen LogP contribution in [0.25, 0.3) is 0 Å². The van der Waals surface area contributed by atoms with Gasteiger partial charge in [-0.2, -0.15) is 4.31 Å². The molecule has 1 unspecified atom stereocenters. The Morgan fingerprint density at radius 2 is 2.24 bits per heavy atom. The first-order valence-electron chi connectivity index (χ1n) is 6.10. The number of sulfonamides is 1. The number of ether oxygens (including phenoxy) is 2. The van der Waals surface area contributed by atoms with Gasteiger partial charge in [-0.25, -0.2) is 12.8 Å². The van der Waals surface area contributed by atoms with Crippen molar-refractivity contribution in [1.82, 2.24) is 4.31 Å². The minimum Gasteiger partial charge on any atom is -0.468 e. The molecule has 7 nitrogen and oxygen atoms in total. The van der Waals surface area contributed by atoms with Gasteiger partial charge < -0.3 is 15.2 Å². The summed E-state index contributed by atoms with van der Waals surface area (Å²) in [6.45, 7) is 0.0609. The number of carbonyl (C=O) groups is 1. The first-order valence-corrected chi connectivity index (χ1v) is 7.54. The zero-order valence-electron chi connectivity index (χ0n) is 11.3. The summed E-state index contributed by atoms with van der Waals surface area (Å²) in [4.78, 5) is 11.5. The molecule has 9 heteroatoms. The van der Waals surface area contributed by atoms with Crippen molar-refractivity contribution in [3.8, 4) is 0 Å². The van der Waals surface area contributed by atoms with Crippen molar-refractivity contribution in [3.63, 3.8) is 0 Å². The van der Waals surface area contributed by atoms with Crippen LogP contribution in [-0.4, -0.2) is 51.6 Å². The normalized spacial score (nSPS) is 20.2. The summed E-state index contributed by atoms with van der Waals surface area (Å²) < 4.78 is 49.0. The Bertz CT molecular complexity index is 649. The number of esters is 1. The Balaban J connectivity index is 2.40. The lowest BCUT2D eigenvalue weighted by Gasteiger charge is -2.32. The van der Waals surface area contributed by atoms with Gasteiger partial charge in [0.1, 0.15) is 11.9 Å². The monoisotopic (exact) mass is 318 g/mol. The molecule has 116 valence electrons. The van der Waals surface area contributed by atoms with E-state index in [0.717, 1.165) is 29.6 Å². The van der Waals surface area contributed by atoms with Crippen molar-refractivity contribution in [2.45, 2.75) is 10.9 Å². The minimum atomic E-state index is -4.00. The van der Waals surface area contributed by atoms with Crippen LogP contribution in [-0.2, 0) is 24.3 Å². The topological polar surface area (TPSA) is 98.9 Å². The van der Waals surface area contributed by atoms with Crippen molar-refractivity contribution < 1.29 is 27.1 Å². The predicted molar refractivity (Wildman–Crippen MR) is 71.3 cm³/mol. The maximum Gasteiger partial charge on any atom is 0.326 e. The molecule has 0 aliphatic carbocycles. The molecule has 1 heterocycles. The van der Waals surface area contributed by atoms with Gasteiger partial charge in [0.2, 0.25) is 10.0 Å². The van der Waals surface area contributed by atoms with Crippen molar-refractivity contribution in [3.05, 3.63) is 24.0 Å². The molecular weight excluding hydrogens is 303 g/mol. The van der Waals surface area contributed by atoms with Crippen LogP contribution in [0.1, 0.15) is 0 Å².